The summed E-state index contributed by atoms with van der Waals surface area (Å²) in [6.45, 7) is 6.11. The first kappa shape index (κ1) is 21.0. The van der Waals surface area contributed by atoms with Crippen molar-refractivity contribution in [2.75, 3.05) is 24.7 Å². The van der Waals surface area contributed by atoms with Crippen LogP contribution in [-0.4, -0.2) is 35.3 Å². The van der Waals surface area contributed by atoms with Gasteiger partial charge >= 0.3 is 6.03 Å². The maximum atomic E-state index is 13.2. The topological polar surface area (TPSA) is 45.2 Å². The minimum absolute atomic E-state index is 0.0389. The Labute approximate surface area is 184 Å². The Morgan fingerprint density at radius 1 is 1.23 bits per heavy atom. The number of hydrogen-bond acceptors (Lipinski definition) is 3. The van der Waals surface area contributed by atoms with Gasteiger partial charge in [-0.3, -0.25) is 4.98 Å². The number of nitrogens with zero attached hydrogens (tertiary/aromatic N) is 2. The van der Waals surface area contributed by atoms with Crippen LogP contribution in [0.1, 0.15) is 32.4 Å². The van der Waals surface area contributed by atoms with E-state index in [0.29, 0.717) is 24.4 Å². The molecule has 4 nitrogen and oxygen atoms in total. The van der Waals surface area contributed by atoms with Crippen LogP contribution in [0.4, 0.5) is 10.5 Å². The molecule has 3 aliphatic rings. The summed E-state index contributed by atoms with van der Waals surface area (Å²) in [4.78, 5) is 20.8. The van der Waals surface area contributed by atoms with Gasteiger partial charge in [0.15, 0.2) is 0 Å². The summed E-state index contributed by atoms with van der Waals surface area (Å²) in [5, 5.41) is 3.10. The summed E-state index contributed by atoms with van der Waals surface area (Å²) in [6, 6.07) is 13.9. The average molecular weight is 422 g/mol. The van der Waals surface area contributed by atoms with E-state index in [4.69, 9.17) is 0 Å². The number of rotatable bonds is 7. The zero-order valence-electron chi connectivity index (χ0n) is 18.1. The highest BCUT2D eigenvalue weighted by atomic mass is 32.2. The summed E-state index contributed by atoms with van der Waals surface area (Å²) in [5.74, 6) is 1.40. The van der Waals surface area contributed by atoms with Gasteiger partial charge in [-0.2, -0.15) is 0 Å². The molecule has 2 atom stereocenters. The van der Waals surface area contributed by atoms with E-state index in [1.54, 1.807) is 11.8 Å². The molecule has 1 saturated carbocycles. The van der Waals surface area contributed by atoms with Gasteiger partial charge in [0.25, 0.3) is 0 Å². The van der Waals surface area contributed by atoms with Crippen LogP contribution in [0.3, 0.4) is 0 Å². The molecule has 0 saturated heterocycles. The van der Waals surface area contributed by atoms with E-state index in [1.807, 2.05) is 53.6 Å². The molecule has 1 aromatic heterocycles. The van der Waals surface area contributed by atoms with E-state index in [0.717, 1.165) is 30.1 Å². The summed E-state index contributed by atoms with van der Waals surface area (Å²) < 4.78 is 0. The van der Waals surface area contributed by atoms with Gasteiger partial charge in [0.05, 0.1) is 0 Å². The number of carbonyl (C=O) groups is 1. The number of benzene rings is 1. The predicted octanol–water partition coefficient (Wildman–Crippen LogP) is 5.87. The van der Waals surface area contributed by atoms with E-state index in [9.17, 15) is 4.79 Å². The zero-order chi connectivity index (χ0) is 21.1. The summed E-state index contributed by atoms with van der Waals surface area (Å²) in [7, 11) is 0. The van der Waals surface area contributed by atoms with Crippen LogP contribution in [-0.2, 0) is 6.42 Å². The van der Waals surface area contributed by atoms with Gasteiger partial charge in [-0.15, -0.1) is 11.8 Å². The molecule has 5 rings (SSSR count). The third-order valence-corrected chi connectivity index (χ3v) is 7.69. The molecular weight excluding hydrogens is 390 g/mol. The molecule has 2 unspecified atom stereocenters. The van der Waals surface area contributed by atoms with Crippen molar-refractivity contribution in [3.8, 4) is 0 Å². The molecule has 1 fully saturated rings. The lowest BCUT2D eigenvalue weighted by atomic mass is 9.49. The number of carbonyl (C=O) groups excluding carboxylic acids is 1. The summed E-state index contributed by atoms with van der Waals surface area (Å²) in [6.07, 6.45) is 9.42. The fourth-order valence-electron chi connectivity index (χ4n) is 4.80. The van der Waals surface area contributed by atoms with Crippen LogP contribution < -0.4 is 5.32 Å². The van der Waals surface area contributed by atoms with Gasteiger partial charge in [-0.05, 0) is 72.7 Å². The van der Waals surface area contributed by atoms with Crippen molar-refractivity contribution in [3.63, 3.8) is 0 Å². The molecule has 158 valence electrons. The molecule has 0 spiro atoms. The molecule has 5 heteroatoms. The van der Waals surface area contributed by atoms with Gasteiger partial charge in [0, 0.05) is 42.0 Å². The number of hydrogen-bond donors (Lipinski definition) is 1. The molecule has 2 aromatic rings. The van der Waals surface area contributed by atoms with Crippen molar-refractivity contribution < 1.29 is 4.79 Å². The van der Waals surface area contributed by atoms with Gasteiger partial charge in [0.1, 0.15) is 0 Å². The number of pyridine rings is 1. The SMILES string of the molecule is CSc1ccc(NC(=O)N(CCc2ccccn2)CC2=CCC3CC2C3(C)C)cc1. The lowest BCUT2D eigenvalue weighted by molar-refractivity contribution is -0.00949. The number of anilines is 1. The van der Waals surface area contributed by atoms with Crippen LogP contribution >= 0.6 is 11.8 Å². The van der Waals surface area contributed by atoms with Gasteiger partial charge < -0.3 is 10.2 Å². The monoisotopic (exact) mass is 421 g/mol. The number of amides is 2. The number of urea groups is 1. The Bertz CT molecular complexity index is 908. The Balaban J connectivity index is 1.47. The van der Waals surface area contributed by atoms with Gasteiger partial charge in [-0.1, -0.05) is 31.6 Å². The molecule has 0 radical (unpaired) electrons. The Hall–Kier alpha value is -2.27. The average Bonchev–Trinajstić information content (AvgIpc) is 2.77. The van der Waals surface area contributed by atoms with Gasteiger partial charge in [0.2, 0.25) is 0 Å². The predicted molar refractivity (Wildman–Crippen MR) is 125 cm³/mol. The quantitative estimate of drug-likeness (QED) is 0.449. The fourth-order valence-corrected chi connectivity index (χ4v) is 5.21. The Morgan fingerprint density at radius 2 is 2.03 bits per heavy atom. The highest BCUT2D eigenvalue weighted by Crippen LogP contribution is 2.59. The molecule has 1 heterocycles. The standard InChI is InChI=1S/C25H31N3OS/c1-25(2)19-8-7-18(23(25)16-19)17-28(15-13-20-6-4-5-14-26-20)24(29)27-21-9-11-22(30-3)12-10-21/h4-7,9-12,14,19,23H,8,13,15-17H2,1-3H3,(H,27,29). The van der Waals surface area contributed by atoms with Crippen LogP contribution in [0.25, 0.3) is 0 Å². The lowest BCUT2D eigenvalue weighted by Crippen LogP contribution is -2.50. The third kappa shape index (κ3) is 4.41. The molecule has 2 bridgehead atoms. The van der Waals surface area contributed by atoms with Crippen molar-refractivity contribution in [2.45, 2.75) is 38.0 Å². The van der Waals surface area contributed by atoms with Gasteiger partial charge in [-0.25, -0.2) is 4.79 Å². The first-order chi connectivity index (χ1) is 14.5. The third-order valence-electron chi connectivity index (χ3n) is 6.95. The van der Waals surface area contributed by atoms with Crippen molar-refractivity contribution >= 4 is 23.5 Å². The minimum atomic E-state index is -0.0389. The van der Waals surface area contributed by atoms with E-state index in [1.165, 1.54) is 16.9 Å². The normalized spacial score (nSPS) is 21.4. The number of thioether (sulfide) groups is 1. The molecule has 30 heavy (non-hydrogen) atoms. The molecule has 2 amide bonds. The smallest absolute Gasteiger partial charge is 0.320 e. The van der Waals surface area contributed by atoms with E-state index >= 15 is 0 Å². The highest BCUT2D eigenvalue weighted by Gasteiger charge is 2.51. The van der Waals surface area contributed by atoms with Crippen LogP contribution in [0.5, 0.6) is 0 Å². The Morgan fingerprint density at radius 3 is 2.67 bits per heavy atom. The zero-order valence-corrected chi connectivity index (χ0v) is 18.9. The first-order valence-electron chi connectivity index (χ1n) is 10.8. The molecule has 1 N–H and O–H groups in total. The van der Waals surface area contributed by atoms with Crippen molar-refractivity contribution in [1.29, 1.82) is 0 Å². The maximum absolute atomic E-state index is 13.2. The van der Waals surface area contributed by atoms with Crippen LogP contribution in [0.2, 0.25) is 0 Å². The Kier molecular flexibility index (Phi) is 6.19. The molecular formula is C25H31N3OS. The number of fused-ring (bicyclic) bond motifs is 1. The van der Waals surface area contributed by atoms with Crippen molar-refractivity contribution in [2.24, 2.45) is 17.3 Å². The van der Waals surface area contributed by atoms with E-state index in [-0.39, 0.29) is 6.03 Å². The summed E-state index contributed by atoms with van der Waals surface area (Å²) >= 11 is 1.70. The maximum Gasteiger partial charge on any atom is 0.322 e. The van der Waals surface area contributed by atoms with E-state index in [2.05, 4.69) is 36.5 Å². The summed E-state index contributed by atoms with van der Waals surface area (Å²) in [5.41, 5.74) is 3.64. The number of allylic oxidation sites excluding steroid dienone is 1. The first-order valence-corrected chi connectivity index (χ1v) is 12.0. The number of nitrogens with one attached hydrogen (secondary N) is 1. The molecule has 0 aliphatic heterocycles. The van der Waals surface area contributed by atoms with Crippen LogP contribution in [0, 0.1) is 17.3 Å². The van der Waals surface area contributed by atoms with Crippen molar-refractivity contribution in [3.05, 3.63) is 66.0 Å². The molecule has 3 aliphatic carbocycles. The second-order valence-electron chi connectivity index (χ2n) is 8.97. The largest absolute Gasteiger partial charge is 0.322 e. The second kappa shape index (κ2) is 8.84. The number of aromatic nitrogens is 1. The lowest BCUT2D eigenvalue weighted by Gasteiger charge is -2.57. The highest BCUT2D eigenvalue weighted by molar-refractivity contribution is 7.98. The molecule has 1 aromatic carbocycles. The fraction of sp³-hybridized carbons (Fsp3) is 0.440. The van der Waals surface area contributed by atoms with E-state index < -0.39 is 0 Å². The minimum Gasteiger partial charge on any atom is -0.320 e. The van der Waals surface area contributed by atoms with Crippen LogP contribution in [0.15, 0.2) is 65.2 Å². The second-order valence-corrected chi connectivity index (χ2v) is 9.85. The van der Waals surface area contributed by atoms with Crippen molar-refractivity contribution in [1.82, 2.24) is 9.88 Å².